The number of piperidine rings is 1. The molecule has 0 aromatic heterocycles. The lowest BCUT2D eigenvalue weighted by Gasteiger charge is -2.27. The Bertz CT molecular complexity index is 755. The normalized spacial score (nSPS) is 14.3. The van der Waals surface area contributed by atoms with E-state index in [0.717, 1.165) is 30.4 Å². The average molecular weight is 387 g/mol. The van der Waals surface area contributed by atoms with Gasteiger partial charge in [0.25, 0.3) is 11.8 Å². The lowest BCUT2D eigenvalue weighted by atomic mass is 10.1. The lowest BCUT2D eigenvalue weighted by molar-refractivity contribution is 0.0725. The first kappa shape index (κ1) is 16.7. The molecule has 0 radical (unpaired) electrons. The maximum absolute atomic E-state index is 12.8. The Labute approximate surface area is 150 Å². The number of halogens is 1. The number of nitrogens with one attached hydrogen (secondary N) is 1. The van der Waals surface area contributed by atoms with Crippen LogP contribution in [0.5, 0.6) is 0 Å². The van der Waals surface area contributed by atoms with Gasteiger partial charge in [-0.15, -0.1) is 0 Å². The Balaban J connectivity index is 1.83. The summed E-state index contributed by atoms with van der Waals surface area (Å²) in [7, 11) is 0. The molecule has 1 heterocycles. The Morgan fingerprint density at radius 2 is 1.50 bits per heavy atom. The molecule has 0 atom stereocenters. The molecule has 1 saturated heterocycles. The molecule has 1 N–H and O–H groups in total. The van der Waals surface area contributed by atoms with E-state index in [2.05, 4.69) is 21.2 Å². The molecule has 0 aliphatic carbocycles. The van der Waals surface area contributed by atoms with Crippen molar-refractivity contribution in [2.45, 2.75) is 19.3 Å². The predicted octanol–water partition coefficient (Wildman–Crippen LogP) is 4.33. The minimum Gasteiger partial charge on any atom is -0.339 e. The third-order valence-electron chi connectivity index (χ3n) is 4.17. The number of rotatable bonds is 3. The second-order valence-electron chi connectivity index (χ2n) is 5.83. The molecular weight excluding hydrogens is 368 g/mol. The summed E-state index contributed by atoms with van der Waals surface area (Å²) in [6.07, 6.45) is 3.25. The van der Waals surface area contributed by atoms with E-state index >= 15 is 0 Å². The van der Waals surface area contributed by atoms with Crippen molar-refractivity contribution in [1.29, 1.82) is 0 Å². The minimum absolute atomic E-state index is 0.0160. The zero-order valence-electron chi connectivity index (χ0n) is 13.3. The SMILES string of the molecule is O=C(Nc1ccccc1C(=O)N1CCCCC1)c1ccccc1Br. The number of carbonyl (C=O) groups excluding carboxylic acids is 2. The van der Waals surface area contributed by atoms with Crippen molar-refractivity contribution in [2.24, 2.45) is 0 Å². The Morgan fingerprint density at radius 1 is 0.875 bits per heavy atom. The van der Waals surface area contributed by atoms with Gasteiger partial charge in [0.05, 0.1) is 16.8 Å². The second kappa shape index (κ2) is 7.62. The van der Waals surface area contributed by atoms with Gasteiger partial charge >= 0.3 is 0 Å². The number of benzene rings is 2. The second-order valence-corrected chi connectivity index (χ2v) is 6.69. The zero-order valence-corrected chi connectivity index (χ0v) is 14.9. The molecule has 3 rings (SSSR count). The van der Waals surface area contributed by atoms with Crippen LogP contribution in [0.2, 0.25) is 0 Å². The summed E-state index contributed by atoms with van der Waals surface area (Å²) in [5.74, 6) is -0.251. The molecule has 24 heavy (non-hydrogen) atoms. The van der Waals surface area contributed by atoms with Gasteiger partial charge in [-0.25, -0.2) is 0 Å². The molecule has 5 heteroatoms. The molecule has 124 valence electrons. The van der Waals surface area contributed by atoms with Crippen molar-refractivity contribution in [3.63, 3.8) is 0 Å². The van der Waals surface area contributed by atoms with Crippen LogP contribution < -0.4 is 5.32 Å². The highest BCUT2D eigenvalue weighted by molar-refractivity contribution is 9.10. The Morgan fingerprint density at radius 3 is 2.21 bits per heavy atom. The third-order valence-corrected chi connectivity index (χ3v) is 4.86. The molecular formula is C19H19BrN2O2. The Kier molecular flexibility index (Phi) is 5.30. The highest BCUT2D eigenvalue weighted by Gasteiger charge is 2.21. The summed E-state index contributed by atoms with van der Waals surface area (Å²) in [5, 5.41) is 2.87. The molecule has 0 saturated carbocycles. The van der Waals surface area contributed by atoms with Crippen LogP contribution in [0.1, 0.15) is 40.0 Å². The van der Waals surface area contributed by atoms with E-state index in [1.807, 2.05) is 35.2 Å². The molecule has 2 amide bonds. The molecule has 0 spiro atoms. The standard InChI is InChI=1S/C19H19BrN2O2/c20-16-10-4-2-8-14(16)18(23)21-17-11-5-3-9-15(17)19(24)22-12-6-1-7-13-22/h2-5,8-11H,1,6-7,12-13H2,(H,21,23). The molecule has 4 nitrogen and oxygen atoms in total. The molecule has 2 aromatic rings. The van der Waals surface area contributed by atoms with Crippen molar-refractivity contribution in [3.05, 3.63) is 64.1 Å². The fourth-order valence-corrected chi connectivity index (χ4v) is 3.35. The van der Waals surface area contributed by atoms with E-state index in [0.29, 0.717) is 16.8 Å². The largest absolute Gasteiger partial charge is 0.339 e. The van der Waals surface area contributed by atoms with Gasteiger partial charge in [-0.1, -0.05) is 24.3 Å². The number of hydrogen-bond donors (Lipinski definition) is 1. The van der Waals surface area contributed by atoms with Crippen molar-refractivity contribution in [1.82, 2.24) is 4.90 Å². The van der Waals surface area contributed by atoms with Crippen LogP contribution in [0.15, 0.2) is 53.0 Å². The first-order valence-electron chi connectivity index (χ1n) is 8.11. The van der Waals surface area contributed by atoms with Gasteiger partial charge in [0.15, 0.2) is 0 Å². The van der Waals surface area contributed by atoms with Gasteiger partial charge < -0.3 is 10.2 Å². The van der Waals surface area contributed by atoms with Gasteiger partial charge in [-0.05, 0) is 59.5 Å². The number of nitrogens with zero attached hydrogens (tertiary/aromatic N) is 1. The summed E-state index contributed by atoms with van der Waals surface area (Å²) in [6.45, 7) is 1.57. The maximum atomic E-state index is 12.8. The quantitative estimate of drug-likeness (QED) is 0.853. The number of anilines is 1. The number of likely N-dealkylation sites (tertiary alicyclic amines) is 1. The van der Waals surface area contributed by atoms with Gasteiger partial charge in [-0.3, -0.25) is 9.59 Å². The van der Waals surface area contributed by atoms with Gasteiger partial charge in [0, 0.05) is 17.6 Å². The first-order chi connectivity index (χ1) is 11.7. The topological polar surface area (TPSA) is 49.4 Å². The third kappa shape index (κ3) is 3.67. The van der Waals surface area contributed by atoms with E-state index < -0.39 is 0 Å². The molecule has 0 bridgehead atoms. The van der Waals surface area contributed by atoms with Crippen LogP contribution in [0.4, 0.5) is 5.69 Å². The monoisotopic (exact) mass is 386 g/mol. The summed E-state index contributed by atoms with van der Waals surface area (Å²) >= 11 is 3.38. The molecule has 1 fully saturated rings. The van der Waals surface area contributed by atoms with Crippen molar-refractivity contribution >= 4 is 33.4 Å². The van der Waals surface area contributed by atoms with Crippen molar-refractivity contribution < 1.29 is 9.59 Å². The molecule has 0 unspecified atom stereocenters. The molecule has 1 aliphatic rings. The van der Waals surface area contributed by atoms with Crippen LogP contribution in [0.25, 0.3) is 0 Å². The van der Waals surface area contributed by atoms with E-state index in [4.69, 9.17) is 0 Å². The van der Waals surface area contributed by atoms with Crippen LogP contribution in [0, 0.1) is 0 Å². The van der Waals surface area contributed by atoms with Gasteiger partial charge in [0.2, 0.25) is 0 Å². The summed E-state index contributed by atoms with van der Waals surface area (Å²) in [4.78, 5) is 27.2. The molecule has 2 aromatic carbocycles. The van der Waals surface area contributed by atoms with E-state index in [-0.39, 0.29) is 11.8 Å². The van der Waals surface area contributed by atoms with Crippen LogP contribution in [-0.4, -0.2) is 29.8 Å². The van der Waals surface area contributed by atoms with E-state index in [1.54, 1.807) is 18.2 Å². The number of carbonyl (C=O) groups is 2. The average Bonchev–Trinajstić information content (AvgIpc) is 2.62. The fourth-order valence-electron chi connectivity index (χ4n) is 2.88. The zero-order chi connectivity index (χ0) is 16.9. The van der Waals surface area contributed by atoms with Crippen LogP contribution >= 0.6 is 15.9 Å². The summed E-state index contributed by atoms with van der Waals surface area (Å²) in [5.41, 5.74) is 1.63. The van der Waals surface area contributed by atoms with Gasteiger partial charge in [0.1, 0.15) is 0 Å². The predicted molar refractivity (Wildman–Crippen MR) is 98.3 cm³/mol. The Hall–Kier alpha value is -2.14. The number of hydrogen-bond acceptors (Lipinski definition) is 2. The van der Waals surface area contributed by atoms with E-state index in [9.17, 15) is 9.59 Å². The fraction of sp³-hybridized carbons (Fsp3) is 0.263. The maximum Gasteiger partial charge on any atom is 0.256 e. The summed E-state index contributed by atoms with van der Waals surface area (Å²) < 4.78 is 0.724. The van der Waals surface area contributed by atoms with Crippen molar-refractivity contribution in [2.75, 3.05) is 18.4 Å². The highest BCUT2D eigenvalue weighted by atomic mass is 79.9. The van der Waals surface area contributed by atoms with Crippen LogP contribution in [-0.2, 0) is 0 Å². The minimum atomic E-state index is -0.235. The van der Waals surface area contributed by atoms with Gasteiger partial charge in [-0.2, -0.15) is 0 Å². The van der Waals surface area contributed by atoms with Crippen molar-refractivity contribution in [3.8, 4) is 0 Å². The lowest BCUT2D eigenvalue weighted by Crippen LogP contribution is -2.36. The number of para-hydroxylation sites is 1. The van der Waals surface area contributed by atoms with E-state index in [1.165, 1.54) is 6.42 Å². The first-order valence-corrected chi connectivity index (χ1v) is 8.90. The highest BCUT2D eigenvalue weighted by Crippen LogP contribution is 2.22. The van der Waals surface area contributed by atoms with Crippen LogP contribution in [0.3, 0.4) is 0 Å². The number of amides is 2. The summed E-state index contributed by atoms with van der Waals surface area (Å²) in [6, 6.07) is 14.4. The smallest absolute Gasteiger partial charge is 0.256 e. The molecule has 1 aliphatic heterocycles.